The Morgan fingerprint density at radius 3 is 2.44 bits per heavy atom. The summed E-state index contributed by atoms with van der Waals surface area (Å²) >= 11 is 0. The van der Waals surface area contributed by atoms with Crippen LogP contribution in [0.5, 0.6) is 0 Å². The average Bonchev–Trinajstić information content (AvgIpc) is 3.12. The van der Waals surface area contributed by atoms with Gasteiger partial charge in [-0.3, -0.25) is 4.90 Å². The first kappa shape index (κ1) is 18.0. The zero-order chi connectivity index (χ0) is 17.8. The minimum Gasteiger partial charge on any atom is -0.286 e. The van der Waals surface area contributed by atoms with E-state index in [2.05, 4.69) is 68.4 Å². The summed E-state index contributed by atoms with van der Waals surface area (Å²) in [6.07, 6.45) is 8.62. The molecule has 1 aromatic rings. The van der Waals surface area contributed by atoms with E-state index in [1.54, 1.807) is 0 Å². The zero-order valence-electron chi connectivity index (χ0n) is 16.1. The Kier molecular flexibility index (Phi) is 5.82. The zero-order valence-corrected chi connectivity index (χ0v) is 16.1. The molecule has 3 rings (SSSR count). The Morgan fingerprint density at radius 1 is 1.20 bits per heavy atom. The molecule has 0 bridgehead atoms. The summed E-state index contributed by atoms with van der Waals surface area (Å²) in [4.78, 5) is 2.59. The van der Waals surface area contributed by atoms with Crippen LogP contribution in [0.3, 0.4) is 0 Å². The molecule has 0 amide bonds. The maximum atomic E-state index is 4.15. The predicted molar refractivity (Wildman–Crippen MR) is 108 cm³/mol. The maximum Gasteiger partial charge on any atom is 0.0934 e. The van der Waals surface area contributed by atoms with Crippen molar-refractivity contribution in [3.05, 3.63) is 58.7 Å². The van der Waals surface area contributed by atoms with Crippen molar-refractivity contribution < 1.29 is 0 Å². The van der Waals surface area contributed by atoms with Gasteiger partial charge in [-0.25, -0.2) is 0 Å². The van der Waals surface area contributed by atoms with Crippen molar-refractivity contribution in [3.8, 4) is 11.8 Å². The van der Waals surface area contributed by atoms with Crippen molar-refractivity contribution >= 4 is 0 Å². The number of benzene rings is 1. The first-order valence-electron chi connectivity index (χ1n) is 9.72. The standard InChI is InChI=1S/C24H31N/c1-18(2)21-10-12-22(13-11-21)24(25-16-5-6-17-25)15-14-23-19(3)8-7-9-20(23)4/h7-9,12,21,24H,1,5-6,10-11,13,16-17H2,2-4H3. The third-order valence-electron chi connectivity index (χ3n) is 5.81. The van der Waals surface area contributed by atoms with Gasteiger partial charge in [0.25, 0.3) is 0 Å². The molecule has 0 N–H and O–H groups in total. The third-order valence-corrected chi connectivity index (χ3v) is 5.81. The summed E-state index contributed by atoms with van der Waals surface area (Å²) in [5.41, 5.74) is 6.65. The minimum absolute atomic E-state index is 0.299. The minimum atomic E-state index is 0.299. The van der Waals surface area contributed by atoms with Crippen molar-refractivity contribution in [1.82, 2.24) is 4.90 Å². The normalized spacial score (nSPS) is 22.0. The lowest BCUT2D eigenvalue weighted by atomic mass is 9.83. The second-order valence-corrected chi connectivity index (χ2v) is 7.78. The van der Waals surface area contributed by atoms with E-state index in [4.69, 9.17) is 0 Å². The molecule has 25 heavy (non-hydrogen) atoms. The quantitative estimate of drug-likeness (QED) is 0.527. The van der Waals surface area contributed by atoms with Gasteiger partial charge in [0, 0.05) is 5.56 Å². The van der Waals surface area contributed by atoms with Crippen LogP contribution in [-0.4, -0.2) is 24.0 Å². The van der Waals surface area contributed by atoms with E-state index >= 15 is 0 Å². The molecular weight excluding hydrogens is 302 g/mol. The van der Waals surface area contributed by atoms with Crippen LogP contribution in [0.15, 0.2) is 42.0 Å². The van der Waals surface area contributed by atoms with Crippen molar-refractivity contribution in [2.75, 3.05) is 13.1 Å². The van der Waals surface area contributed by atoms with E-state index in [9.17, 15) is 0 Å². The number of allylic oxidation sites excluding steroid dienone is 2. The topological polar surface area (TPSA) is 3.24 Å². The molecule has 1 heteroatoms. The second kappa shape index (κ2) is 8.07. The largest absolute Gasteiger partial charge is 0.286 e. The number of rotatable bonds is 3. The van der Waals surface area contributed by atoms with Gasteiger partial charge >= 0.3 is 0 Å². The fourth-order valence-corrected chi connectivity index (χ4v) is 4.12. The van der Waals surface area contributed by atoms with Crippen LogP contribution in [0.1, 0.15) is 55.7 Å². The summed E-state index contributed by atoms with van der Waals surface area (Å²) in [7, 11) is 0. The Morgan fingerprint density at radius 2 is 1.88 bits per heavy atom. The molecule has 2 atom stereocenters. The van der Waals surface area contributed by atoms with E-state index in [0.717, 1.165) is 6.42 Å². The summed E-state index contributed by atoms with van der Waals surface area (Å²) < 4.78 is 0. The van der Waals surface area contributed by atoms with E-state index in [-0.39, 0.29) is 0 Å². The van der Waals surface area contributed by atoms with Crippen LogP contribution in [0.4, 0.5) is 0 Å². The van der Waals surface area contributed by atoms with E-state index in [1.165, 1.54) is 66.6 Å². The highest BCUT2D eigenvalue weighted by molar-refractivity contribution is 5.47. The fraction of sp³-hybridized carbons (Fsp3) is 0.500. The van der Waals surface area contributed by atoms with Crippen LogP contribution in [-0.2, 0) is 0 Å². The summed E-state index contributed by atoms with van der Waals surface area (Å²) in [5.74, 6) is 7.86. The fourth-order valence-electron chi connectivity index (χ4n) is 4.12. The molecule has 2 aliphatic rings. The Bertz CT molecular complexity index is 702. The van der Waals surface area contributed by atoms with Gasteiger partial charge in [-0.05, 0) is 88.6 Å². The predicted octanol–water partition coefficient (Wildman–Crippen LogP) is 5.42. The van der Waals surface area contributed by atoms with Gasteiger partial charge in [-0.15, -0.1) is 0 Å². The van der Waals surface area contributed by atoms with Crippen LogP contribution >= 0.6 is 0 Å². The van der Waals surface area contributed by atoms with Crippen molar-refractivity contribution in [3.63, 3.8) is 0 Å². The van der Waals surface area contributed by atoms with Gasteiger partial charge in [0.15, 0.2) is 0 Å². The summed E-state index contributed by atoms with van der Waals surface area (Å²) in [5, 5.41) is 0. The molecule has 1 saturated heterocycles. The van der Waals surface area contributed by atoms with E-state index < -0.39 is 0 Å². The van der Waals surface area contributed by atoms with Gasteiger partial charge in [-0.1, -0.05) is 48.3 Å². The van der Waals surface area contributed by atoms with Crippen molar-refractivity contribution in [2.24, 2.45) is 5.92 Å². The number of likely N-dealkylation sites (tertiary alicyclic amines) is 1. The molecule has 1 fully saturated rings. The monoisotopic (exact) mass is 333 g/mol. The first-order valence-corrected chi connectivity index (χ1v) is 9.72. The number of nitrogens with zero attached hydrogens (tertiary/aromatic N) is 1. The highest BCUT2D eigenvalue weighted by atomic mass is 15.2. The van der Waals surface area contributed by atoms with Crippen LogP contribution in [0.2, 0.25) is 0 Å². The van der Waals surface area contributed by atoms with Gasteiger partial charge in [0.05, 0.1) is 6.04 Å². The van der Waals surface area contributed by atoms with Gasteiger partial charge < -0.3 is 0 Å². The van der Waals surface area contributed by atoms with E-state index in [1.807, 2.05) is 0 Å². The lowest BCUT2D eigenvalue weighted by Gasteiger charge is -2.30. The molecule has 0 radical (unpaired) electrons. The average molecular weight is 334 g/mol. The van der Waals surface area contributed by atoms with Crippen LogP contribution in [0.25, 0.3) is 0 Å². The Balaban J connectivity index is 1.87. The van der Waals surface area contributed by atoms with Gasteiger partial charge in [0.2, 0.25) is 0 Å². The van der Waals surface area contributed by atoms with Crippen molar-refractivity contribution in [2.45, 2.75) is 58.9 Å². The third kappa shape index (κ3) is 4.25. The molecule has 1 nitrogen and oxygen atoms in total. The molecular formula is C24H31N. The molecule has 1 aliphatic heterocycles. The smallest absolute Gasteiger partial charge is 0.0934 e. The molecule has 0 spiro atoms. The molecule has 0 aromatic heterocycles. The highest BCUT2D eigenvalue weighted by Crippen LogP contribution is 2.32. The van der Waals surface area contributed by atoms with Crippen molar-refractivity contribution in [1.29, 1.82) is 0 Å². The first-order chi connectivity index (χ1) is 12.1. The number of aryl methyl sites for hydroxylation is 2. The number of hydrogen-bond acceptors (Lipinski definition) is 1. The van der Waals surface area contributed by atoms with Crippen LogP contribution in [0, 0.1) is 31.6 Å². The van der Waals surface area contributed by atoms with Crippen LogP contribution < -0.4 is 0 Å². The molecule has 1 heterocycles. The summed E-state index contributed by atoms with van der Waals surface area (Å²) in [6.45, 7) is 13.0. The maximum absolute atomic E-state index is 4.15. The Hall–Kier alpha value is -1.78. The molecule has 1 aromatic carbocycles. The highest BCUT2D eigenvalue weighted by Gasteiger charge is 2.26. The Labute approximate surface area is 153 Å². The van der Waals surface area contributed by atoms with E-state index in [0.29, 0.717) is 12.0 Å². The summed E-state index contributed by atoms with van der Waals surface area (Å²) in [6, 6.07) is 6.75. The molecule has 0 saturated carbocycles. The molecule has 1 aliphatic carbocycles. The lowest BCUT2D eigenvalue weighted by molar-refractivity contribution is 0.309. The van der Waals surface area contributed by atoms with Gasteiger partial charge in [0.1, 0.15) is 0 Å². The molecule has 132 valence electrons. The van der Waals surface area contributed by atoms with Gasteiger partial charge in [-0.2, -0.15) is 0 Å². The SMILES string of the molecule is C=C(C)C1CC=C(C(C#Cc2c(C)cccc2C)N2CCCC2)CC1. The lowest BCUT2D eigenvalue weighted by Crippen LogP contribution is -2.34. The molecule has 2 unspecified atom stereocenters. The second-order valence-electron chi connectivity index (χ2n) is 7.78. The number of hydrogen-bond donors (Lipinski definition) is 0.